The lowest BCUT2D eigenvalue weighted by Crippen LogP contribution is -2.60. The quantitative estimate of drug-likeness (QED) is 0.572. The molecule has 0 bridgehead atoms. The Bertz CT molecular complexity index is 248. The molecule has 1 aliphatic heterocycles. The Morgan fingerprint density at radius 2 is 1.58 bits per heavy atom. The average molecular weight is 274 g/mol. The van der Waals surface area contributed by atoms with E-state index in [2.05, 4.69) is 27.7 Å². The molecule has 0 aromatic carbocycles. The molecule has 1 fully saturated rings. The number of nitrogens with zero attached hydrogens (tertiary/aromatic N) is 1. The van der Waals surface area contributed by atoms with Crippen LogP contribution in [0.5, 0.6) is 0 Å². The van der Waals surface area contributed by atoms with Gasteiger partial charge in [-0.2, -0.15) is 0 Å². The van der Waals surface area contributed by atoms with E-state index >= 15 is 0 Å². The highest BCUT2D eigenvalue weighted by molar-refractivity contribution is 4.96. The van der Waals surface area contributed by atoms with Gasteiger partial charge in [0.25, 0.3) is 0 Å². The number of unbranched alkanes of at least 4 members (excludes halogenated alkanes) is 3. The van der Waals surface area contributed by atoms with E-state index in [1.54, 1.807) is 5.06 Å². The summed E-state index contributed by atoms with van der Waals surface area (Å²) >= 11 is 0. The van der Waals surface area contributed by atoms with Gasteiger partial charge in [-0.3, -0.25) is 0 Å². The molecular weight excluding hydrogens is 242 g/mol. The maximum absolute atomic E-state index is 8.71. The minimum atomic E-state index is -0.122. The van der Waals surface area contributed by atoms with Crippen molar-refractivity contribution >= 4 is 0 Å². The minimum Gasteiger partial charge on any atom is -0.396 e. The SMILES string of the molecule is CC1(C)CC(OCCCCCCO)CC(C)(C)N1[OH2+]. The lowest BCUT2D eigenvalue weighted by molar-refractivity contribution is -0.261. The van der Waals surface area contributed by atoms with Crippen molar-refractivity contribution in [1.82, 2.24) is 5.06 Å². The number of aliphatic hydroxyl groups is 1. The van der Waals surface area contributed by atoms with Crippen LogP contribution >= 0.6 is 0 Å². The molecule has 0 radical (unpaired) electrons. The summed E-state index contributed by atoms with van der Waals surface area (Å²) in [4.78, 5) is 0. The average Bonchev–Trinajstić information content (AvgIpc) is 2.30. The zero-order valence-corrected chi connectivity index (χ0v) is 13.0. The standard InChI is InChI=1S/C15H31NO3/c1-14(2)11-13(12-15(3,4)16(14)18)19-10-8-6-5-7-9-17/h13,17-18H,5-12H2,1-4H3/p+1. The van der Waals surface area contributed by atoms with E-state index in [-0.39, 0.29) is 17.2 Å². The Labute approximate surface area is 117 Å². The van der Waals surface area contributed by atoms with Gasteiger partial charge < -0.3 is 15.1 Å². The van der Waals surface area contributed by atoms with E-state index in [1.165, 1.54) is 0 Å². The summed E-state index contributed by atoms with van der Waals surface area (Å²) < 4.78 is 6.01. The van der Waals surface area contributed by atoms with Gasteiger partial charge >= 0.3 is 0 Å². The van der Waals surface area contributed by atoms with E-state index in [1.807, 2.05) is 0 Å². The Morgan fingerprint density at radius 3 is 2.11 bits per heavy atom. The highest BCUT2D eigenvalue weighted by Gasteiger charge is 2.48. The molecule has 0 aromatic rings. The molecule has 0 aromatic heterocycles. The van der Waals surface area contributed by atoms with Crippen LogP contribution in [0, 0.1) is 0 Å². The monoisotopic (exact) mass is 274 g/mol. The predicted molar refractivity (Wildman–Crippen MR) is 78.1 cm³/mol. The first-order chi connectivity index (χ1) is 8.79. The maximum Gasteiger partial charge on any atom is 0.0859 e. The lowest BCUT2D eigenvalue weighted by Gasteiger charge is -2.47. The molecule has 0 spiro atoms. The number of rotatable bonds is 7. The second-order valence-corrected chi connectivity index (χ2v) is 7.00. The van der Waals surface area contributed by atoms with Crippen molar-refractivity contribution in [3.63, 3.8) is 0 Å². The molecule has 4 heteroatoms. The smallest absolute Gasteiger partial charge is 0.0859 e. The number of ether oxygens (including phenoxy) is 1. The van der Waals surface area contributed by atoms with Crippen LogP contribution in [0.25, 0.3) is 0 Å². The normalized spacial score (nSPS) is 23.7. The number of hydroxylamine groups is 2. The minimum absolute atomic E-state index is 0.122. The third-order valence-electron chi connectivity index (χ3n) is 4.07. The maximum atomic E-state index is 8.71. The predicted octanol–water partition coefficient (Wildman–Crippen LogP) is 2.22. The summed E-state index contributed by atoms with van der Waals surface area (Å²) in [5.41, 5.74) is -0.243. The topological polar surface area (TPSA) is 55.6 Å². The number of hydrogen-bond acceptors (Lipinski definition) is 3. The summed E-state index contributed by atoms with van der Waals surface area (Å²) in [5, 5.41) is 18.7. The summed E-state index contributed by atoms with van der Waals surface area (Å²) in [7, 11) is 0. The van der Waals surface area contributed by atoms with Crippen molar-refractivity contribution in [2.45, 2.75) is 83.4 Å². The van der Waals surface area contributed by atoms with E-state index < -0.39 is 0 Å². The molecule has 3 N–H and O–H groups in total. The summed E-state index contributed by atoms with van der Waals surface area (Å²) in [5.74, 6) is 0. The van der Waals surface area contributed by atoms with Crippen LogP contribution in [-0.4, -0.2) is 45.8 Å². The fourth-order valence-corrected chi connectivity index (χ4v) is 3.12. The number of aliphatic hydroxyl groups excluding tert-OH is 1. The molecule has 1 aliphatic rings. The molecule has 1 heterocycles. The van der Waals surface area contributed by atoms with Gasteiger partial charge in [0.05, 0.1) is 17.2 Å². The Kier molecular flexibility index (Phi) is 6.24. The van der Waals surface area contributed by atoms with Crippen LogP contribution in [0.1, 0.15) is 66.2 Å². The molecular formula is C15H32NO3+. The van der Waals surface area contributed by atoms with Gasteiger partial charge in [-0.15, -0.1) is 0 Å². The van der Waals surface area contributed by atoms with Crippen LogP contribution in [0.3, 0.4) is 0 Å². The molecule has 0 aliphatic carbocycles. The zero-order chi connectivity index (χ0) is 14.5. The Hall–Kier alpha value is -0.160. The second kappa shape index (κ2) is 7.02. The molecule has 4 nitrogen and oxygen atoms in total. The van der Waals surface area contributed by atoms with Gasteiger partial charge in [-0.25, -0.2) is 0 Å². The molecule has 19 heavy (non-hydrogen) atoms. The van der Waals surface area contributed by atoms with E-state index in [9.17, 15) is 0 Å². The summed E-state index contributed by atoms with van der Waals surface area (Å²) in [6.45, 7) is 9.60. The van der Waals surface area contributed by atoms with Crippen molar-refractivity contribution in [2.75, 3.05) is 13.2 Å². The molecule has 0 saturated carbocycles. The van der Waals surface area contributed by atoms with Gasteiger partial charge in [0.2, 0.25) is 0 Å². The van der Waals surface area contributed by atoms with Crippen molar-refractivity contribution in [3.8, 4) is 0 Å². The first-order valence-electron chi connectivity index (χ1n) is 7.54. The van der Waals surface area contributed by atoms with Crippen molar-refractivity contribution in [2.24, 2.45) is 0 Å². The molecule has 0 atom stereocenters. The highest BCUT2D eigenvalue weighted by atomic mass is 16.5. The largest absolute Gasteiger partial charge is 0.396 e. The zero-order valence-electron chi connectivity index (χ0n) is 13.0. The van der Waals surface area contributed by atoms with Crippen LogP contribution in [-0.2, 0) is 4.74 Å². The summed E-state index contributed by atoms with van der Waals surface area (Å²) in [6, 6.07) is 0. The molecule has 1 saturated heterocycles. The highest BCUT2D eigenvalue weighted by Crippen LogP contribution is 2.37. The van der Waals surface area contributed by atoms with Crippen molar-refractivity contribution in [1.29, 1.82) is 0 Å². The van der Waals surface area contributed by atoms with Gasteiger partial charge in [0.1, 0.15) is 0 Å². The van der Waals surface area contributed by atoms with Gasteiger partial charge in [-0.05, 0) is 53.4 Å². The number of hydrogen-bond donors (Lipinski definition) is 1. The fourth-order valence-electron chi connectivity index (χ4n) is 3.12. The van der Waals surface area contributed by atoms with Crippen LogP contribution in [0.4, 0.5) is 0 Å². The Balaban J connectivity index is 2.31. The molecule has 1 rings (SSSR count). The Morgan fingerprint density at radius 1 is 1.05 bits per heavy atom. The molecule has 0 amide bonds. The van der Waals surface area contributed by atoms with Gasteiger partial charge in [-0.1, -0.05) is 17.9 Å². The van der Waals surface area contributed by atoms with Crippen molar-refractivity contribution in [3.05, 3.63) is 0 Å². The third kappa shape index (κ3) is 5.03. The first kappa shape index (κ1) is 16.9. The van der Waals surface area contributed by atoms with E-state index in [0.717, 1.165) is 45.1 Å². The van der Waals surface area contributed by atoms with Crippen LogP contribution in [0.15, 0.2) is 0 Å². The van der Waals surface area contributed by atoms with Gasteiger partial charge in [0, 0.05) is 13.2 Å². The summed E-state index contributed by atoms with van der Waals surface area (Å²) in [6.07, 6.45) is 6.31. The van der Waals surface area contributed by atoms with Crippen LogP contribution < -0.4 is 0 Å². The van der Waals surface area contributed by atoms with Gasteiger partial charge in [0.15, 0.2) is 0 Å². The second-order valence-electron chi connectivity index (χ2n) is 7.00. The molecule has 0 unspecified atom stereocenters. The third-order valence-corrected chi connectivity index (χ3v) is 4.07. The van der Waals surface area contributed by atoms with E-state index in [4.69, 9.17) is 15.1 Å². The van der Waals surface area contributed by atoms with E-state index in [0.29, 0.717) is 6.61 Å². The first-order valence-corrected chi connectivity index (χ1v) is 7.54. The lowest BCUT2D eigenvalue weighted by atomic mass is 9.80. The van der Waals surface area contributed by atoms with Crippen molar-refractivity contribution < 1.29 is 15.1 Å². The fraction of sp³-hybridized carbons (Fsp3) is 1.00. The van der Waals surface area contributed by atoms with Crippen LogP contribution in [0.2, 0.25) is 0 Å². The number of piperidine rings is 1. The molecule has 114 valence electrons.